The van der Waals surface area contributed by atoms with Crippen molar-refractivity contribution in [1.29, 1.82) is 5.26 Å². The quantitative estimate of drug-likeness (QED) is 0.274. The van der Waals surface area contributed by atoms with Crippen molar-refractivity contribution in [2.75, 3.05) is 32.7 Å². The molecule has 0 saturated carbocycles. The van der Waals surface area contributed by atoms with Gasteiger partial charge in [0, 0.05) is 17.7 Å². The lowest BCUT2D eigenvalue weighted by Gasteiger charge is -2.10. The number of thioether (sulfide) groups is 1. The van der Waals surface area contributed by atoms with Gasteiger partial charge in [0.1, 0.15) is 12.7 Å². The Bertz CT molecular complexity index is 596. The molecule has 0 fully saturated rings. The van der Waals surface area contributed by atoms with Crippen molar-refractivity contribution in [3.63, 3.8) is 0 Å². The summed E-state index contributed by atoms with van der Waals surface area (Å²) in [6.45, 7) is 5.73. The van der Waals surface area contributed by atoms with E-state index in [1.165, 1.54) is 23.1 Å². The summed E-state index contributed by atoms with van der Waals surface area (Å²) in [5.74, 6) is -0.659. The first-order chi connectivity index (χ1) is 11.7. The van der Waals surface area contributed by atoms with Crippen LogP contribution in [-0.4, -0.2) is 43.6 Å². The van der Waals surface area contributed by atoms with Crippen LogP contribution >= 0.6 is 23.1 Å². The number of hydrogen-bond acceptors (Lipinski definition) is 9. The van der Waals surface area contributed by atoms with Gasteiger partial charge in [0.05, 0.1) is 24.8 Å². The minimum absolute atomic E-state index is 0.0476. The third kappa shape index (κ3) is 6.78. The summed E-state index contributed by atoms with van der Waals surface area (Å²) in [4.78, 5) is 17.1. The van der Waals surface area contributed by atoms with Crippen LogP contribution < -0.4 is 10.1 Å². The van der Waals surface area contributed by atoms with Gasteiger partial charge in [0.2, 0.25) is 0 Å². The fourth-order valence-corrected chi connectivity index (χ4v) is 2.90. The molecule has 1 rings (SSSR count). The van der Waals surface area contributed by atoms with Crippen LogP contribution in [0.25, 0.3) is 0 Å². The predicted molar refractivity (Wildman–Crippen MR) is 93.7 cm³/mol. The maximum atomic E-state index is 12.0. The normalized spacial score (nSPS) is 11.4. The SMILES string of the molecule is CCOCCOC(=O)/C(C#N)=C(/NCc1cnc(OCC)s1)SC. The van der Waals surface area contributed by atoms with Crippen LogP contribution in [0.15, 0.2) is 16.8 Å². The van der Waals surface area contributed by atoms with Crippen LogP contribution in [0.1, 0.15) is 18.7 Å². The molecule has 0 aliphatic heterocycles. The van der Waals surface area contributed by atoms with Gasteiger partial charge < -0.3 is 19.5 Å². The van der Waals surface area contributed by atoms with Crippen molar-refractivity contribution in [3.8, 4) is 11.3 Å². The highest BCUT2D eigenvalue weighted by Crippen LogP contribution is 2.22. The molecule has 0 unspecified atom stereocenters. The Kier molecular flexibility index (Phi) is 9.91. The third-order valence-electron chi connectivity index (χ3n) is 2.64. The monoisotopic (exact) mass is 371 g/mol. The van der Waals surface area contributed by atoms with Crippen molar-refractivity contribution >= 4 is 29.1 Å². The number of aromatic nitrogens is 1. The van der Waals surface area contributed by atoms with Crippen molar-refractivity contribution < 1.29 is 19.0 Å². The van der Waals surface area contributed by atoms with Crippen LogP contribution in [0.3, 0.4) is 0 Å². The molecule has 0 aromatic carbocycles. The Labute approximate surface area is 150 Å². The van der Waals surface area contributed by atoms with Gasteiger partial charge in [0.25, 0.3) is 5.19 Å². The number of rotatable bonds is 11. The molecule has 1 heterocycles. The second-order valence-electron chi connectivity index (χ2n) is 4.23. The maximum Gasteiger partial charge on any atom is 0.351 e. The molecule has 7 nitrogen and oxygen atoms in total. The zero-order chi connectivity index (χ0) is 17.8. The molecule has 0 bridgehead atoms. The van der Waals surface area contributed by atoms with Crippen molar-refractivity contribution in [3.05, 3.63) is 21.7 Å². The smallest absolute Gasteiger partial charge is 0.351 e. The van der Waals surface area contributed by atoms with Gasteiger partial charge in [-0.05, 0) is 20.1 Å². The van der Waals surface area contributed by atoms with E-state index in [1.807, 2.05) is 19.9 Å². The van der Waals surface area contributed by atoms with Crippen molar-refractivity contribution in [2.24, 2.45) is 0 Å². The Morgan fingerprint density at radius 3 is 2.83 bits per heavy atom. The van der Waals surface area contributed by atoms with Gasteiger partial charge in [-0.1, -0.05) is 11.3 Å². The van der Waals surface area contributed by atoms with E-state index in [0.29, 0.717) is 36.6 Å². The summed E-state index contributed by atoms with van der Waals surface area (Å²) >= 11 is 2.69. The summed E-state index contributed by atoms with van der Waals surface area (Å²) in [7, 11) is 0. The lowest BCUT2D eigenvalue weighted by atomic mass is 10.3. The van der Waals surface area contributed by atoms with E-state index in [-0.39, 0.29) is 12.2 Å². The Morgan fingerprint density at radius 2 is 2.21 bits per heavy atom. The van der Waals surface area contributed by atoms with E-state index in [0.717, 1.165) is 4.88 Å². The number of nitrogens with one attached hydrogen (secondary N) is 1. The number of carbonyl (C=O) groups is 1. The van der Waals surface area contributed by atoms with E-state index in [1.54, 1.807) is 12.5 Å². The van der Waals surface area contributed by atoms with Gasteiger partial charge in [-0.15, -0.1) is 11.8 Å². The van der Waals surface area contributed by atoms with E-state index in [9.17, 15) is 10.1 Å². The molecule has 1 aromatic rings. The molecule has 1 N–H and O–H groups in total. The van der Waals surface area contributed by atoms with Crippen LogP contribution in [-0.2, 0) is 20.8 Å². The lowest BCUT2D eigenvalue weighted by molar-refractivity contribution is -0.140. The van der Waals surface area contributed by atoms with Gasteiger partial charge >= 0.3 is 5.97 Å². The average Bonchev–Trinajstić information content (AvgIpc) is 3.03. The maximum absolute atomic E-state index is 12.0. The number of thiazole rings is 1. The molecule has 0 saturated heterocycles. The van der Waals surface area contributed by atoms with E-state index < -0.39 is 5.97 Å². The summed E-state index contributed by atoms with van der Waals surface area (Å²) in [6.07, 6.45) is 3.48. The fourth-order valence-electron chi connectivity index (χ4n) is 1.59. The highest BCUT2D eigenvalue weighted by molar-refractivity contribution is 8.02. The molecule has 0 aliphatic rings. The fraction of sp³-hybridized carbons (Fsp3) is 0.533. The summed E-state index contributed by atoms with van der Waals surface area (Å²) < 4.78 is 15.5. The van der Waals surface area contributed by atoms with Crippen LogP contribution in [0.2, 0.25) is 0 Å². The molecular weight excluding hydrogens is 350 g/mol. The second-order valence-corrected chi connectivity index (χ2v) is 6.13. The standard InChI is InChI=1S/C15H21N3O4S2/c1-4-20-6-7-22-14(19)12(8-16)13(23-3)17-9-11-10-18-15(24-11)21-5-2/h10,17H,4-7,9H2,1-3H3/b13-12-. The van der Waals surface area contributed by atoms with E-state index in [2.05, 4.69) is 10.3 Å². The zero-order valence-electron chi connectivity index (χ0n) is 14.0. The largest absolute Gasteiger partial charge is 0.470 e. The molecule has 132 valence electrons. The third-order valence-corrected chi connectivity index (χ3v) is 4.30. The number of esters is 1. The second kappa shape index (κ2) is 11.7. The van der Waals surface area contributed by atoms with E-state index >= 15 is 0 Å². The molecule has 1 aromatic heterocycles. The lowest BCUT2D eigenvalue weighted by Crippen LogP contribution is -2.18. The number of nitrogens with zero attached hydrogens (tertiary/aromatic N) is 2. The summed E-state index contributed by atoms with van der Waals surface area (Å²) in [6, 6.07) is 1.90. The summed E-state index contributed by atoms with van der Waals surface area (Å²) in [5.41, 5.74) is -0.0476. The van der Waals surface area contributed by atoms with Crippen LogP contribution in [0.4, 0.5) is 0 Å². The number of carbonyl (C=O) groups excluding carboxylic acids is 1. The minimum atomic E-state index is -0.659. The zero-order valence-corrected chi connectivity index (χ0v) is 15.6. The van der Waals surface area contributed by atoms with Crippen LogP contribution in [0, 0.1) is 11.3 Å². The van der Waals surface area contributed by atoms with Crippen molar-refractivity contribution in [2.45, 2.75) is 20.4 Å². The highest BCUT2D eigenvalue weighted by Gasteiger charge is 2.17. The Morgan fingerprint density at radius 1 is 1.42 bits per heavy atom. The number of ether oxygens (including phenoxy) is 3. The number of nitriles is 1. The molecule has 0 radical (unpaired) electrons. The Balaban J connectivity index is 2.65. The predicted octanol–water partition coefficient (Wildman–Crippen LogP) is 2.31. The van der Waals surface area contributed by atoms with E-state index in [4.69, 9.17) is 14.2 Å². The average molecular weight is 371 g/mol. The van der Waals surface area contributed by atoms with Gasteiger partial charge in [-0.25, -0.2) is 9.78 Å². The topological polar surface area (TPSA) is 93.5 Å². The number of hydrogen-bond donors (Lipinski definition) is 1. The Hall–Kier alpha value is -1.76. The summed E-state index contributed by atoms with van der Waals surface area (Å²) in [5, 5.41) is 13.4. The molecule has 9 heteroatoms. The minimum Gasteiger partial charge on any atom is -0.470 e. The first-order valence-electron chi connectivity index (χ1n) is 7.40. The van der Waals surface area contributed by atoms with Crippen LogP contribution in [0.5, 0.6) is 5.19 Å². The molecular formula is C15H21N3O4S2. The van der Waals surface area contributed by atoms with Gasteiger partial charge in [-0.2, -0.15) is 5.26 Å². The molecule has 0 spiro atoms. The molecule has 0 aliphatic carbocycles. The highest BCUT2D eigenvalue weighted by atomic mass is 32.2. The van der Waals surface area contributed by atoms with Crippen molar-refractivity contribution in [1.82, 2.24) is 10.3 Å². The van der Waals surface area contributed by atoms with Gasteiger partial charge in [-0.3, -0.25) is 0 Å². The molecule has 24 heavy (non-hydrogen) atoms. The molecule has 0 amide bonds. The molecule has 0 atom stereocenters. The first-order valence-corrected chi connectivity index (χ1v) is 9.44. The van der Waals surface area contributed by atoms with Gasteiger partial charge in [0.15, 0.2) is 5.57 Å². The first kappa shape index (κ1) is 20.3.